The van der Waals surface area contributed by atoms with Crippen LogP contribution < -0.4 is 5.32 Å². The average Bonchev–Trinajstić information content (AvgIpc) is 3.27. The van der Waals surface area contributed by atoms with Crippen LogP contribution in [0.1, 0.15) is 70.2 Å². The predicted molar refractivity (Wildman–Crippen MR) is 132 cm³/mol. The summed E-state index contributed by atoms with van der Waals surface area (Å²) in [6.07, 6.45) is 7.11. The van der Waals surface area contributed by atoms with E-state index in [-0.39, 0.29) is 11.8 Å². The minimum atomic E-state index is -0.217. The van der Waals surface area contributed by atoms with E-state index in [2.05, 4.69) is 28.2 Å². The van der Waals surface area contributed by atoms with Crippen molar-refractivity contribution in [2.45, 2.75) is 45.6 Å². The second-order valence-electron chi connectivity index (χ2n) is 8.21. The number of carbonyl (C=O) groups excluding carboxylic acids is 2. The molecule has 1 aromatic carbocycles. The number of unbranched alkanes of at least 4 members (excludes halogenated alkanes) is 1. The van der Waals surface area contributed by atoms with Gasteiger partial charge in [0.1, 0.15) is 10.6 Å². The number of nitrogens with zero attached hydrogens (tertiary/aromatic N) is 4. The third-order valence-corrected chi connectivity index (χ3v) is 6.61. The minimum Gasteiger partial charge on any atom is -0.363 e. The average molecular weight is 466 g/mol. The van der Waals surface area contributed by atoms with Crippen molar-refractivity contribution in [2.75, 3.05) is 26.7 Å². The standard InChI is InChI=1S/C25H31N5O2S/c1-3-4-12-27-24(31)21-17-33-23(22(21)28-18-30-13-8-5-9-14-30)25(32)29(2)16-20-11-7-6-10-19(20)15-26/h6-7,10-11,17-18H,3-5,8-9,12-14,16H2,1-2H3,(H,27,31)/b28-18+. The van der Waals surface area contributed by atoms with Gasteiger partial charge >= 0.3 is 0 Å². The molecule has 1 N–H and O–H groups in total. The van der Waals surface area contributed by atoms with Gasteiger partial charge in [-0.2, -0.15) is 5.26 Å². The molecule has 2 aromatic rings. The van der Waals surface area contributed by atoms with Gasteiger partial charge in [0.15, 0.2) is 0 Å². The summed E-state index contributed by atoms with van der Waals surface area (Å²) in [5, 5.41) is 14.0. The van der Waals surface area contributed by atoms with Crippen LogP contribution in [0.2, 0.25) is 0 Å². The van der Waals surface area contributed by atoms with E-state index in [4.69, 9.17) is 0 Å². The Hall–Kier alpha value is -3.18. The molecule has 1 aliphatic heterocycles. The smallest absolute Gasteiger partial charge is 0.266 e. The van der Waals surface area contributed by atoms with Crippen LogP contribution >= 0.6 is 11.3 Å². The van der Waals surface area contributed by atoms with Gasteiger partial charge in [0.05, 0.1) is 23.5 Å². The summed E-state index contributed by atoms with van der Waals surface area (Å²) in [6.45, 7) is 4.82. The maximum atomic E-state index is 13.4. The van der Waals surface area contributed by atoms with Gasteiger partial charge in [0.25, 0.3) is 11.8 Å². The number of rotatable bonds is 9. The summed E-state index contributed by atoms with van der Waals surface area (Å²) in [6, 6.07) is 9.42. The van der Waals surface area contributed by atoms with Crippen LogP contribution in [0.25, 0.3) is 0 Å². The SMILES string of the molecule is CCCCNC(=O)c1csc(C(=O)N(C)Cc2ccccc2C#N)c1/N=C/N1CCCCC1. The van der Waals surface area contributed by atoms with Gasteiger partial charge in [-0.05, 0) is 37.3 Å². The van der Waals surface area contributed by atoms with E-state index >= 15 is 0 Å². The summed E-state index contributed by atoms with van der Waals surface area (Å²) < 4.78 is 0. The third-order valence-electron chi connectivity index (χ3n) is 5.65. The van der Waals surface area contributed by atoms with Gasteiger partial charge in [-0.15, -0.1) is 11.3 Å². The molecule has 0 atom stereocenters. The fourth-order valence-corrected chi connectivity index (χ4v) is 4.69. The van der Waals surface area contributed by atoms with E-state index in [1.807, 2.05) is 12.1 Å². The highest BCUT2D eigenvalue weighted by molar-refractivity contribution is 7.13. The van der Waals surface area contributed by atoms with Gasteiger partial charge in [-0.1, -0.05) is 31.5 Å². The number of hydrogen-bond donors (Lipinski definition) is 1. The van der Waals surface area contributed by atoms with Crippen LogP contribution in [0.3, 0.4) is 0 Å². The maximum Gasteiger partial charge on any atom is 0.266 e. The Kier molecular flexibility index (Phi) is 9.02. The number of nitriles is 1. The first kappa shape index (κ1) is 24.5. The fourth-order valence-electron chi connectivity index (χ4n) is 3.71. The number of hydrogen-bond acceptors (Lipinski definition) is 5. The van der Waals surface area contributed by atoms with Crippen molar-refractivity contribution in [2.24, 2.45) is 4.99 Å². The van der Waals surface area contributed by atoms with Crippen LogP contribution in [-0.4, -0.2) is 54.6 Å². The molecule has 0 aliphatic carbocycles. The minimum absolute atomic E-state index is 0.206. The lowest BCUT2D eigenvalue weighted by Gasteiger charge is -2.24. The van der Waals surface area contributed by atoms with Crippen molar-refractivity contribution >= 4 is 35.2 Å². The van der Waals surface area contributed by atoms with Crippen molar-refractivity contribution in [1.29, 1.82) is 5.26 Å². The second kappa shape index (κ2) is 12.2. The molecule has 1 aliphatic rings. The van der Waals surface area contributed by atoms with Crippen molar-refractivity contribution in [3.8, 4) is 6.07 Å². The van der Waals surface area contributed by atoms with E-state index in [1.165, 1.54) is 17.8 Å². The Morgan fingerprint density at radius 1 is 1.27 bits per heavy atom. The maximum absolute atomic E-state index is 13.4. The van der Waals surface area contributed by atoms with E-state index in [0.717, 1.165) is 44.3 Å². The topological polar surface area (TPSA) is 88.8 Å². The lowest BCUT2D eigenvalue weighted by atomic mass is 10.1. The molecule has 174 valence electrons. The normalized spacial score (nSPS) is 13.7. The van der Waals surface area contributed by atoms with Gasteiger partial charge in [-0.25, -0.2) is 4.99 Å². The lowest BCUT2D eigenvalue weighted by molar-refractivity contribution is 0.0790. The van der Waals surface area contributed by atoms with Gasteiger partial charge in [0, 0.05) is 38.6 Å². The van der Waals surface area contributed by atoms with Gasteiger partial charge in [-0.3, -0.25) is 9.59 Å². The predicted octanol–water partition coefficient (Wildman–Crippen LogP) is 4.57. The molecule has 0 saturated carbocycles. The Morgan fingerprint density at radius 2 is 2.03 bits per heavy atom. The zero-order valence-corrected chi connectivity index (χ0v) is 20.2. The van der Waals surface area contributed by atoms with Crippen molar-refractivity contribution < 1.29 is 9.59 Å². The number of nitrogens with one attached hydrogen (secondary N) is 1. The van der Waals surface area contributed by atoms with Crippen molar-refractivity contribution in [3.63, 3.8) is 0 Å². The number of likely N-dealkylation sites (tertiary alicyclic amines) is 1. The number of carbonyl (C=O) groups is 2. The van der Waals surface area contributed by atoms with Crippen molar-refractivity contribution in [3.05, 3.63) is 51.2 Å². The first-order valence-electron chi connectivity index (χ1n) is 11.5. The Bertz CT molecular complexity index is 1030. The Balaban J connectivity index is 1.85. The molecule has 33 heavy (non-hydrogen) atoms. The summed E-state index contributed by atoms with van der Waals surface area (Å²) in [4.78, 5) is 34.9. The fraction of sp³-hybridized carbons (Fsp3) is 0.440. The number of piperidine rings is 1. The van der Waals surface area contributed by atoms with Crippen molar-refractivity contribution in [1.82, 2.24) is 15.1 Å². The quantitative estimate of drug-likeness (QED) is 0.334. The molecule has 3 rings (SSSR count). The van der Waals surface area contributed by atoms with Crippen LogP contribution in [0.15, 0.2) is 34.6 Å². The largest absolute Gasteiger partial charge is 0.363 e. The molecule has 2 heterocycles. The molecular weight excluding hydrogens is 434 g/mol. The van der Waals surface area contributed by atoms with Crippen LogP contribution in [0.5, 0.6) is 0 Å². The van der Waals surface area contributed by atoms with E-state index in [1.54, 1.807) is 35.8 Å². The molecule has 2 amide bonds. The molecule has 0 radical (unpaired) electrons. The Morgan fingerprint density at radius 3 is 2.76 bits per heavy atom. The van der Waals surface area contributed by atoms with Crippen LogP contribution in [0.4, 0.5) is 5.69 Å². The number of benzene rings is 1. The molecule has 0 unspecified atom stereocenters. The first-order valence-corrected chi connectivity index (χ1v) is 12.3. The van der Waals surface area contributed by atoms with E-state index in [0.29, 0.717) is 34.8 Å². The van der Waals surface area contributed by atoms with Crippen LogP contribution in [-0.2, 0) is 6.54 Å². The summed E-state index contributed by atoms with van der Waals surface area (Å²) in [7, 11) is 1.70. The molecule has 1 fully saturated rings. The zero-order chi connectivity index (χ0) is 23.6. The van der Waals surface area contributed by atoms with Gasteiger partial charge in [0.2, 0.25) is 0 Å². The molecule has 1 saturated heterocycles. The van der Waals surface area contributed by atoms with Crippen LogP contribution in [0, 0.1) is 11.3 Å². The molecule has 0 spiro atoms. The van der Waals surface area contributed by atoms with Gasteiger partial charge < -0.3 is 15.1 Å². The molecule has 8 heteroatoms. The molecule has 7 nitrogen and oxygen atoms in total. The van der Waals surface area contributed by atoms with E-state index < -0.39 is 0 Å². The molecule has 1 aromatic heterocycles. The third kappa shape index (κ3) is 6.42. The second-order valence-corrected chi connectivity index (χ2v) is 9.09. The highest BCUT2D eigenvalue weighted by atomic mass is 32.1. The number of amides is 2. The molecule has 0 bridgehead atoms. The first-order chi connectivity index (χ1) is 16.0. The summed E-state index contributed by atoms with van der Waals surface area (Å²) in [5.41, 5.74) is 2.18. The number of aliphatic imine (C=N–C) groups is 1. The van der Waals surface area contributed by atoms with E-state index in [9.17, 15) is 14.9 Å². The highest BCUT2D eigenvalue weighted by Crippen LogP contribution is 2.32. The molecular formula is C25H31N5O2S. The Labute approximate surface area is 199 Å². The summed E-state index contributed by atoms with van der Waals surface area (Å²) in [5.74, 6) is -0.423. The monoisotopic (exact) mass is 465 g/mol. The number of thiophene rings is 1. The lowest BCUT2D eigenvalue weighted by Crippen LogP contribution is -2.28. The summed E-state index contributed by atoms with van der Waals surface area (Å²) >= 11 is 1.24. The zero-order valence-electron chi connectivity index (χ0n) is 19.3. The highest BCUT2D eigenvalue weighted by Gasteiger charge is 2.24.